The lowest BCUT2D eigenvalue weighted by Crippen LogP contribution is -2.30. The van der Waals surface area contributed by atoms with Crippen molar-refractivity contribution in [1.82, 2.24) is 10.4 Å². The maximum Gasteiger partial charge on any atom is 0.0256 e. The second kappa shape index (κ2) is 1.80. The fourth-order valence-corrected chi connectivity index (χ4v) is 0.669. The Morgan fingerprint density at radius 3 is 2.71 bits per heavy atom. The lowest BCUT2D eigenvalue weighted by molar-refractivity contribution is 0.259. The van der Waals surface area contributed by atoms with E-state index in [1.807, 2.05) is 7.05 Å². The van der Waals surface area contributed by atoms with Crippen LogP contribution in [-0.4, -0.2) is 24.6 Å². The predicted molar refractivity (Wildman–Crippen MR) is 29.5 cm³/mol. The summed E-state index contributed by atoms with van der Waals surface area (Å²) < 4.78 is 0. The van der Waals surface area contributed by atoms with E-state index in [1.54, 1.807) is 0 Å². The first-order chi connectivity index (χ1) is 3.30. The minimum Gasteiger partial charge on any atom is -0.255 e. The first kappa shape index (κ1) is 5.06. The molecule has 2 nitrogen and oxygen atoms in total. The van der Waals surface area contributed by atoms with Crippen molar-refractivity contribution in [3.05, 3.63) is 6.42 Å². The molecule has 41 valence electrons. The van der Waals surface area contributed by atoms with Crippen molar-refractivity contribution in [3.8, 4) is 0 Å². The van der Waals surface area contributed by atoms with Crippen molar-refractivity contribution in [2.24, 2.45) is 0 Å². The third-order valence-corrected chi connectivity index (χ3v) is 1.41. The van der Waals surface area contributed by atoms with E-state index in [1.165, 1.54) is 0 Å². The summed E-state index contributed by atoms with van der Waals surface area (Å²) in [7, 11) is 2.05. The van der Waals surface area contributed by atoms with Crippen molar-refractivity contribution < 1.29 is 0 Å². The van der Waals surface area contributed by atoms with Gasteiger partial charge < -0.3 is 0 Å². The van der Waals surface area contributed by atoms with Gasteiger partial charge in [-0.15, -0.1) is 0 Å². The molecule has 0 spiro atoms. The number of hydrogen-bond acceptors (Lipinski definition) is 2. The maximum atomic E-state index is 3.15. The SMILES string of the molecule is CC1[CH]CNN1C. The molecular formula is C5H11N2. The van der Waals surface area contributed by atoms with Gasteiger partial charge in [-0.25, -0.2) is 5.01 Å². The Balaban J connectivity index is 2.33. The predicted octanol–water partition coefficient (Wildman–Crippen LogP) is 0.0292. The number of hydrogen-bond donors (Lipinski definition) is 1. The summed E-state index contributed by atoms with van der Waals surface area (Å²) in [4.78, 5) is 0. The minimum absolute atomic E-state index is 0.611. The molecule has 0 saturated carbocycles. The number of nitrogens with zero attached hydrogens (tertiary/aromatic N) is 1. The Hall–Kier alpha value is -0.0800. The van der Waals surface area contributed by atoms with Gasteiger partial charge in [0.15, 0.2) is 0 Å². The molecule has 0 aromatic heterocycles. The van der Waals surface area contributed by atoms with Crippen molar-refractivity contribution >= 4 is 0 Å². The van der Waals surface area contributed by atoms with Crippen LogP contribution >= 0.6 is 0 Å². The average Bonchev–Trinajstić information content (AvgIpc) is 1.91. The largest absolute Gasteiger partial charge is 0.255 e. The van der Waals surface area contributed by atoms with Crippen LogP contribution in [0, 0.1) is 6.42 Å². The second-order valence-electron chi connectivity index (χ2n) is 1.95. The topological polar surface area (TPSA) is 15.3 Å². The summed E-state index contributed by atoms with van der Waals surface area (Å²) in [5.74, 6) is 0. The van der Waals surface area contributed by atoms with E-state index in [4.69, 9.17) is 0 Å². The first-order valence-electron chi connectivity index (χ1n) is 2.60. The van der Waals surface area contributed by atoms with Crippen LogP contribution in [0.1, 0.15) is 6.92 Å². The smallest absolute Gasteiger partial charge is 0.0256 e. The van der Waals surface area contributed by atoms with Crippen molar-refractivity contribution in [3.63, 3.8) is 0 Å². The van der Waals surface area contributed by atoms with Gasteiger partial charge in [0.1, 0.15) is 0 Å². The molecule has 0 bridgehead atoms. The van der Waals surface area contributed by atoms with E-state index in [0.717, 1.165) is 6.54 Å². The Kier molecular flexibility index (Phi) is 1.30. The summed E-state index contributed by atoms with van der Waals surface area (Å²) >= 11 is 0. The molecule has 0 aliphatic carbocycles. The van der Waals surface area contributed by atoms with E-state index >= 15 is 0 Å². The van der Waals surface area contributed by atoms with Crippen LogP contribution in [0.25, 0.3) is 0 Å². The first-order valence-corrected chi connectivity index (χ1v) is 2.60. The zero-order valence-corrected chi connectivity index (χ0v) is 4.81. The number of nitrogens with one attached hydrogen (secondary N) is 1. The van der Waals surface area contributed by atoms with Crippen LogP contribution in [0.2, 0.25) is 0 Å². The van der Waals surface area contributed by atoms with E-state index < -0.39 is 0 Å². The highest BCUT2D eigenvalue weighted by Crippen LogP contribution is 2.00. The number of hydrazine groups is 1. The van der Waals surface area contributed by atoms with Crippen LogP contribution < -0.4 is 5.43 Å². The van der Waals surface area contributed by atoms with Crippen molar-refractivity contribution in [2.75, 3.05) is 13.6 Å². The summed E-state index contributed by atoms with van der Waals surface area (Å²) in [6.07, 6.45) is 2.24. The van der Waals surface area contributed by atoms with E-state index in [-0.39, 0.29) is 0 Å². The minimum atomic E-state index is 0.611. The van der Waals surface area contributed by atoms with E-state index in [2.05, 4.69) is 23.8 Å². The average molecular weight is 99.2 g/mol. The molecule has 1 fully saturated rings. The van der Waals surface area contributed by atoms with Gasteiger partial charge in [-0.2, -0.15) is 0 Å². The molecular weight excluding hydrogens is 88.1 g/mol. The van der Waals surface area contributed by atoms with E-state index in [0.29, 0.717) is 6.04 Å². The summed E-state index contributed by atoms with van der Waals surface area (Å²) in [6, 6.07) is 0.611. The second-order valence-corrected chi connectivity index (χ2v) is 1.95. The van der Waals surface area contributed by atoms with E-state index in [9.17, 15) is 0 Å². The van der Waals surface area contributed by atoms with Gasteiger partial charge >= 0.3 is 0 Å². The molecule has 1 rings (SSSR count). The van der Waals surface area contributed by atoms with Gasteiger partial charge in [-0.05, 0) is 13.3 Å². The molecule has 1 saturated heterocycles. The maximum absolute atomic E-state index is 3.15. The standard InChI is InChI=1S/C5H11N2/c1-5-3-4-6-7(5)2/h3,5-6H,4H2,1-2H3. The Morgan fingerprint density at radius 2 is 2.57 bits per heavy atom. The zero-order chi connectivity index (χ0) is 5.28. The van der Waals surface area contributed by atoms with Crippen LogP contribution in [0.3, 0.4) is 0 Å². The van der Waals surface area contributed by atoms with Crippen molar-refractivity contribution in [1.29, 1.82) is 0 Å². The van der Waals surface area contributed by atoms with Gasteiger partial charge in [-0.3, -0.25) is 5.43 Å². The molecule has 1 aliphatic rings. The fourth-order valence-electron chi connectivity index (χ4n) is 0.669. The molecule has 0 aromatic carbocycles. The van der Waals surface area contributed by atoms with Crippen LogP contribution in [-0.2, 0) is 0 Å². The van der Waals surface area contributed by atoms with Crippen LogP contribution in [0.4, 0.5) is 0 Å². The highest BCUT2D eigenvalue weighted by Gasteiger charge is 2.13. The summed E-state index contributed by atoms with van der Waals surface area (Å²) in [5, 5.41) is 2.10. The third kappa shape index (κ3) is 0.924. The normalized spacial score (nSPS) is 34.3. The summed E-state index contributed by atoms with van der Waals surface area (Å²) in [6.45, 7) is 3.19. The molecule has 1 N–H and O–H groups in total. The molecule has 2 heteroatoms. The highest BCUT2D eigenvalue weighted by molar-refractivity contribution is 4.85. The van der Waals surface area contributed by atoms with Gasteiger partial charge in [0.05, 0.1) is 0 Å². The third-order valence-electron chi connectivity index (χ3n) is 1.41. The zero-order valence-electron chi connectivity index (χ0n) is 4.81. The Morgan fingerprint density at radius 1 is 1.86 bits per heavy atom. The molecule has 1 unspecified atom stereocenters. The lowest BCUT2D eigenvalue weighted by Gasteiger charge is -2.12. The Bertz CT molecular complexity index is 55.1. The molecule has 0 aromatic rings. The molecule has 1 atom stereocenters. The van der Waals surface area contributed by atoms with Crippen LogP contribution in [0.15, 0.2) is 0 Å². The van der Waals surface area contributed by atoms with Crippen LogP contribution in [0.5, 0.6) is 0 Å². The summed E-state index contributed by atoms with van der Waals surface area (Å²) in [5.41, 5.74) is 3.15. The van der Waals surface area contributed by atoms with Crippen molar-refractivity contribution in [2.45, 2.75) is 13.0 Å². The monoisotopic (exact) mass is 99.1 g/mol. The molecule has 1 aliphatic heterocycles. The highest BCUT2D eigenvalue weighted by atomic mass is 15.5. The van der Waals surface area contributed by atoms with Gasteiger partial charge in [0.25, 0.3) is 0 Å². The fraction of sp³-hybridized carbons (Fsp3) is 0.800. The molecule has 0 amide bonds. The van der Waals surface area contributed by atoms with Gasteiger partial charge in [0, 0.05) is 19.6 Å². The molecule has 7 heavy (non-hydrogen) atoms. The quantitative estimate of drug-likeness (QED) is 0.461. The molecule has 1 radical (unpaired) electrons. The molecule has 1 heterocycles. The van der Waals surface area contributed by atoms with Gasteiger partial charge in [-0.1, -0.05) is 0 Å². The number of rotatable bonds is 0. The Labute approximate surface area is 44.5 Å². The van der Waals surface area contributed by atoms with Gasteiger partial charge in [0.2, 0.25) is 0 Å². The lowest BCUT2D eigenvalue weighted by atomic mass is 10.3.